The summed E-state index contributed by atoms with van der Waals surface area (Å²) in [4.78, 5) is 0. The van der Waals surface area contributed by atoms with Crippen molar-refractivity contribution in [3.05, 3.63) is 11.6 Å². The lowest BCUT2D eigenvalue weighted by Crippen LogP contribution is -2.64. The predicted octanol–water partition coefficient (Wildman–Crippen LogP) is 8.13. The van der Waals surface area contributed by atoms with Gasteiger partial charge in [0.1, 0.15) is 0 Å². The van der Waals surface area contributed by atoms with Gasteiger partial charge < -0.3 is 10.2 Å². The maximum Gasteiger partial charge on any atom is 0.157 e. The summed E-state index contributed by atoms with van der Waals surface area (Å²) < 4.78 is 0. The minimum Gasteiger partial charge on any atom is -0.368 e. The molecule has 0 bridgehead atoms. The van der Waals surface area contributed by atoms with Gasteiger partial charge in [0.15, 0.2) is 6.29 Å². The summed E-state index contributed by atoms with van der Waals surface area (Å²) in [6.45, 7) is 20.4. The molecule has 0 heterocycles. The molecular formula is C32H54O2. The van der Waals surface area contributed by atoms with E-state index in [2.05, 4.69) is 61.5 Å². The molecule has 194 valence electrons. The number of aliphatic hydroxyl groups is 2. The third kappa shape index (κ3) is 3.06. The lowest BCUT2D eigenvalue weighted by atomic mass is 9.33. The van der Waals surface area contributed by atoms with E-state index in [0.29, 0.717) is 22.2 Å². The Morgan fingerprint density at radius 1 is 0.853 bits per heavy atom. The lowest BCUT2D eigenvalue weighted by Gasteiger charge is -2.72. The van der Waals surface area contributed by atoms with Gasteiger partial charge in [-0.2, -0.15) is 0 Å². The van der Waals surface area contributed by atoms with Crippen LogP contribution < -0.4 is 0 Å². The smallest absolute Gasteiger partial charge is 0.157 e. The topological polar surface area (TPSA) is 40.5 Å². The Kier molecular flexibility index (Phi) is 5.65. The van der Waals surface area contributed by atoms with Crippen molar-refractivity contribution in [2.75, 3.05) is 0 Å². The zero-order chi connectivity index (χ0) is 24.9. The largest absolute Gasteiger partial charge is 0.368 e. The average Bonchev–Trinajstić information content (AvgIpc) is 2.73. The van der Waals surface area contributed by atoms with Crippen molar-refractivity contribution in [2.24, 2.45) is 56.2 Å². The van der Waals surface area contributed by atoms with Crippen LogP contribution >= 0.6 is 0 Å². The molecule has 0 spiro atoms. The van der Waals surface area contributed by atoms with Gasteiger partial charge in [0.25, 0.3) is 0 Å². The van der Waals surface area contributed by atoms with Crippen molar-refractivity contribution >= 4 is 0 Å². The third-order valence-electron chi connectivity index (χ3n) is 14.0. The number of hydrogen-bond donors (Lipinski definition) is 2. The van der Waals surface area contributed by atoms with Crippen molar-refractivity contribution in [3.8, 4) is 0 Å². The second-order valence-corrected chi connectivity index (χ2v) is 15.8. The quantitative estimate of drug-likeness (QED) is 0.316. The second kappa shape index (κ2) is 7.59. The molecule has 4 saturated carbocycles. The zero-order valence-electron chi connectivity index (χ0n) is 23.6. The first-order valence-corrected chi connectivity index (χ1v) is 14.7. The Hall–Kier alpha value is -0.340. The summed E-state index contributed by atoms with van der Waals surface area (Å²) in [6, 6.07) is 0. The molecule has 0 amide bonds. The maximum absolute atomic E-state index is 10.7. The molecule has 2 heteroatoms. The minimum atomic E-state index is -1.19. The molecule has 34 heavy (non-hydrogen) atoms. The van der Waals surface area contributed by atoms with E-state index in [1.807, 2.05) is 0 Å². The summed E-state index contributed by atoms with van der Waals surface area (Å²) >= 11 is 0. The molecule has 0 radical (unpaired) electrons. The number of hydrogen-bond acceptors (Lipinski definition) is 2. The van der Waals surface area contributed by atoms with Crippen molar-refractivity contribution < 1.29 is 10.2 Å². The molecule has 5 aliphatic rings. The molecule has 2 N–H and O–H groups in total. The Bertz CT molecular complexity index is 853. The minimum absolute atomic E-state index is 0.187. The summed E-state index contributed by atoms with van der Waals surface area (Å²) in [7, 11) is 0. The standard InChI is InChI=1S/C32H54O2/c1-9-21-12-14-29(6)24(28(21,4)5)13-15-31(8)25(29)11-10-22-23-20-27(2,3)16-18-32(23,26(33)34)19-17-30(22,31)7/h10,21,23-26,33-34H,9,11-20H2,1-8H3/t21-,23-,24-,25+,29-,30+,31+,32-/m0/s1. The van der Waals surface area contributed by atoms with Gasteiger partial charge in [0.05, 0.1) is 0 Å². The molecule has 2 nitrogen and oxygen atoms in total. The van der Waals surface area contributed by atoms with Crippen LogP contribution in [0.1, 0.15) is 126 Å². The van der Waals surface area contributed by atoms with Gasteiger partial charge in [-0.3, -0.25) is 0 Å². The highest BCUT2D eigenvalue weighted by Crippen LogP contribution is 2.76. The Morgan fingerprint density at radius 3 is 2.18 bits per heavy atom. The Labute approximate surface area is 210 Å². The molecule has 5 aliphatic carbocycles. The summed E-state index contributed by atoms with van der Waals surface area (Å²) in [5, 5.41) is 21.5. The van der Waals surface area contributed by atoms with Crippen molar-refractivity contribution in [3.63, 3.8) is 0 Å². The molecule has 0 aliphatic heterocycles. The molecule has 0 unspecified atom stereocenters. The molecular weight excluding hydrogens is 416 g/mol. The first-order valence-electron chi connectivity index (χ1n) is 14.7. The average molecular weight is 471 g/mol. The van der Waals surface area contributed by atoms with E-state index in [-0.39, 0.29) is 16.2 Å². The van der Waals surface area contributed by atoms with Crippen LogP contribution in [-0.4, -0.2) is 16.5 Å². The van der Waals surface area contributed by atoms with Gasteiger partial charge in [-0.25, -0.2) is 0 Å². The van der Waals surface area contributed by atoms with Crippen LogP contribution in [0.3, 0.4) is 0 Å². The molecule has 4 fully saturated rings. The molecule has 0 saturated heterocycles. The highest BCUT2D eigenvalue weighted by molar-refractivity contribution is 5.34. The van der Waals surface area contributed by atoms with Crippen LogP contribution in [0, 0.1) is 56.2 Å². The second-order valence-electron chi connectivity index (χ2n) is 15.8. The van der Waals surface area contributed by atoms with Crippen molar-refractivity contribution in [1.29, 1.82) is 0 Å². The first-order chi connectivity index (χ1) is 15.7. The van der Waals surface area contributed by atoms with E-state index in [0.717, 1.165) is 49.9 Å². The van der Waals surface area contributed by atoms with Gasteiger partial charge in [-0.05, 0) is 115 Å². The Balaban J connectivity index is 1.58. The van der Waals surface area contributed by atoms with Crippen LogP contribution in [0.15, 0.2) is 11.6 Å². The van der Waals surface area contributed by atoms with E-state index < -0.39 is 6.29 Å². The predicted molar refractivity (Wildman–Crippen MR) is 141 cm³/mol. The molecule has 0 aromatic heterocycles. The Morgan fingerprint density at radius 2 is 1.53 bits per heavy atom. The van der Waals surface area contributed by atoms with E-state index >= 15 is 0 Å². The number of fused-ring (bicyclic) bond motifs is 7. The van der Waals surface area contributed by atoms with Crippen molar-refractivity contribution in [1.82, 2.24) is 0 Å². The van der Waals surface area contributed by atoms with Gasteiger partial charge >= 0.3 is 0 Å². The fourth-order valence-corrected chi connectivity index (χ4v) is 11.6. The van der Waals surface area contributed by atoms with Crippen LogP contribution in [0.5, 0.6) is 0 Å². The van der Waals surface area contributed by atoms with Crippen molar-refractivity contribution in [2.45, 2.75) is 132 Å². The number of aliphatic hydroxyl groups excluding tert-OH is 1. The van der Waals surface area contributed by atoms with Gasteiger partial charge in [0.2, 0.25) is 0 Å². The summed E-state index contributed by atoms with van der Waals surface area (Å²) in [6.07, 6.45) is 14.8. The van der Waals surface area contributed by atoms with Gasteiger partial charge in [0, 0.05) is 5.41 Å². The van der Waals surface area contributed by atoms with E-state index in [1.165, 1.54) is 38.5 Å². The fraction of sp³-hybridized carbons (Fsp3) is 0.938. The van der Waals surface area contributed by atoms with E-state index in [9.17, 15) is 10.2 Å². The van der Waals surface area contributed by atoms with Gasteiger partial charge in [-0.1, -0.05) is 73.5 Å². The first kappa shape index (κ1) is 25.3. The molecule has 8 atom stereocenters. The zero-order valence-corrected chi connectivity index (χ0v) is 23.6. The van der Waals surface area contributed by atoms with Gasteiger partial charge in [-0.15, -0.1) is 0 Å². The van der Waals surface area contributed by atoms with Crippen LogP contribution in [-0.2, 0) is 0 Å². The van der Waals surface area contributed by atoms with E-state index in [4.69, 9.17) is 0 Å². The normalized spacial score (nSPS) is 51.6. The van der Waals surface area contributed by atoms with E-state index in [1.54, 1.807) is 5.57 Å². The highest BCUT2D eigenvalue weighted by Gasteiger charge is 2.68. The fourth-order valence-electron chi connectivity index (χ4n) is 11.6. The number of rotatable bonds is 2. The lowest BCUT2D eigenvalue weighted by molar-refractivity contribution is -0.221. The van der Waals surface area contributed by atoms with Crippen LogP contribution in [0.4, 0.5) is 0 Å². The highest BCUT2D eigenvalue weighted by atomic mass is 16.5. The molecule has 5 rings (SSSR count). The number of allylic oxidation sites excluding steroid dienone is 2. The van der Waals surface area contributed by atoms with Crippen LogP contribution in [0.25, 0.3) is 0 Å². The summed E-state index contributed by atoms with van der Waals surface area (Å²) in [5.74, 6) is 2.76. The molecule has 0 aromatic carbocycles. The SMILES string of the molecule is CC[C@H]1CC[C@]2(C)[C@H]3CC=C4[C@@H]5CC(C)(C)CC[C@]5(C(O)O)CC[C@@]4(C)[C@]3(C)CC[C@H]2C1(C)C. The third-order valence-corrected chi connectivity index (χ3v) is 14.0. The molecule has 0 aromatic rings. The summed E-state index contributed by atoms with van der Waals surface area (Å²) in [5.41, 5.74) is 2.94. The maximum atomic E-state index is 10.7. The van der Waals surface area contributed by atoms with Crippen LogP contribution in [0.2, 0.25) is 0 Å². The monoisotopic (exact) mass is 470 g/mol.